The second-order valence-corrected chi connectivity index (χ2v) is 7.90. The lowest BCUT2D eigenvalue weighted by molar-refractivity contribution is 0.0342. The lowest BCUT2D eigenvalue weighted by Gasteiger charge is -2.26. The average Bonchev–Trinajstić information content (AvgIpc) is 3.51. The van der Waals surface area contributed by atoms with Crippen molar-refractivity contribution in [3.05, 3.63) is 96.2 Å². The SMILES string of the molecule is O=C(Nc1ccc(CN2CCOCC2)cc1)c1cnn(-c2ccc(F)cc2)c1-n1cccc1. The Balaban J connectivity index is 1.37. The molecule has 0 aliphatic carbocycles. The third-order valence-corrected chi connectivity index (χ3v) is 5.63. The quantitative estimate of drug-likeness (QED) is 0.489. The molecule has 2 aromatic carbocycles. The maximum absolute atomic E-state index is 13.4. The molecule has 0 bridgehead atoms. The molecule has 33 heavy (non-hydrogen) atoms. The van der Waals surface area contributed by atoms with Crippen LogP contribution in [0.25, 0.3) is 11.5 Å². The van der Waals surface area contributed by atoms with Crippen molar-refractivity contribution in [2.45, 2.75) is 6.54 Å². The summed E-state index contributed by atoms with van der Waals surface area (Å²) in [6, 6.07) is 17.6. The highest BCUT2D eigenvalue weighted by atomic mass is 19.1. The van der Waals surface area contributed by atoms with Crippen molar-refractivity contribution in [2.75, 3.05) is 31.6 Å². The van der Waals surface area contributed by atoms with Crippen LogP contribution >= 0.6 is 0 Å². The first-order valence-corrected chi connectivity index (χ1v) is 10.8. The Bertz CT molecular complexity index is 1210. The first kappa shape index (κ1) is 21.1. The van der Waals surface area contributed by atoms with Gasteiger partial charge in [0, 0.05) is 37.7 Å². The van der Waals surface area contributed by atoms with Crippen LogP contribution in [0.3, 0.4) is 0 Å². The van der Waals surface area contributed by atoms with Gasteiger partial charge in [-0.25, -0.2) is 9.07 Å². The fourth-order valence-electron chi connectivity index (χ4n) is 3.91. The molecule has 2 aromatic heterocycles. The van der Waals surface area contributed by atoms with E-state index in [4.69, 9.17) is 4.74 Å². The van der Waals surface area contributed by atoms with E-state index in [0.29, 0.717) is 22.8 Å². The second kappa shape index (κ2) is 9.40. The molecule has 4 aromatic rings. The number of morpholine rings is 1. The van der Waals surface area contributed by atoms with Crippen molar-refractivity contribution in [3.8, 4) is 11.5 Å². The molecule has 0 saturated carbocycles. The molecule has 1 fully saturated rings. The Morgan fingerprint density at radius 2 is 1.70 bits per heavy atom. The van der Waals surface area contributed by atoms with Gasteiger partial charge in [0.05, 0.1) is 25.1 Å². The third-order valence-electron chi connectivity index (χ3n) is 5.63. The Morgan fingerprint density at radius 3 is 2.39 bits per heavy atom. The number of anilines is 1. The predicted molar refractivity (Wildman–Crippen MR) is 123 cm³/mol. The van der Waals surface area contributed by atoms with Gasteiger partial charge in [-0.05, 0) is 54.1 Å². The summed E-state index contributed by atoms with van der Waals surface area (Å²) in [5, 5.41) is 7.38. The van der Waals surface area contributed by atoms with E-state index in [1.54, 1.807) is 16.8 Å². The van der Waals surface area contributed by atoms with Crippen molar-refractivity contribution >= 4 is 11.6 Å². The predicted octanol–water partition coefficient (Wildman–Crippen LogP) is 3.89. The highest BCUT2D eigenvalue weighted by molar-refractivity contribution is 6.06. The van der Waals surface area contributed by atoms with Crippen LogP contribution in [0.2, 0.25) is 0 Å². The summed E-state index contributed by atoms with van der Waals surface area (Å²) < 4.78 is 22.2. The molecule has 1 N–H and O–H groups in total. The van der Waals surface area contributed by atoms with Crippen LogP contribution in [0.4, 0.5) is 10.1 Å². The number of carbonyl (C=O) groups excluding carboxylic acids is 1. The van der Waals surface area contributed by atoms with Gasteiger partial charge in [-0.2, -0.15) is 5.10 Å². The summed E-state index contributed by atoms with van der Waals surface area (Å²) in [6.07, 6.45) is 5.21. The minimum Gasteiger partial charge on any atom is -0.379 e. The van der Waals surface area contributed by atoms with Gasteiger partial charge in [-0.1, -0.05) is 12.1 Å². The number of nitrogens with zero attached hydrogens (tertiary/aromatic N) is 4. The molecule has 1 amide bonds. The summed E-state index contributed by atoms with van der Waals surface area (Å²) in [5.74, 6) is -0.0236. The number of ether oxygens (including phenoxy) is 1. The van der Waals surface area contributed by atoms with Gasteiger partial charge in [0.15, 0.2) is 5.82 Å². The van der Waals surface area contributed by atoms with Gasteiger partial charge in [0.1, 0.15) is 11.4 Å². The molecule has 8 heteroatoms. The van der Waals surface area contributed by atoms with Crippen LogP contribution in [-0.4, -0.2) is 51.5 Å². The number of hydrogen-bond donors (Lipinski definition) is 1. The van der Waals surface area contributed by atoms with Crippen LogP contribution in [-0.2, 0) is 11.3 Å². The van der Waals surface area contributed by atoms with Crippen molar-refractivity contribution in [1.82, 2.24) is 19.2 Å². The van der Waals surface area contributed by atoms with E-state index in [-0.39, 0.29) is 11.7 Å². The summed E-state index contributed by atoms with van der Waals surface area (Å²) in [5.41, 5.74) is 2.96. The number of nitrogens with one attached hydrogen (secondary N) is 1. The number of rotatable bonds is 6. The zero-order valence-electron chi connectivity index (χ0n) is 18.0. The molecule has 1 saturated heterocycles. The number of carbonyl (C=O) groups is 1. The number of halogens is 1. The monoisotopic (exact) mass is 445 g/mol. The first-order chi connectivity index (χ1) is 16.2. The van der Waals surface area contributed by atoms with Gasteiger partial charge in [0.2, 0.25) is 0 Å². The van der Waals surface area contributed by atoms with Gasteiger partial charge < -0.3 is 14.6 Å². The lowest BCUT2D eigenvalue weighted by atomic mass is 10.2. The van der Waals surface area contributed by atoms with Crippen LogP contribution in [0.5, 0.6) is 0 Å². The number of benzene rings is 2. The average molecular weight is 445 g/mol. The lowest BCUT2D eigenvalue weighted by Crippen LogP contribution is -2.35. The molecule has 1 aliphatic heterocycles. The molecule has 0 radical (unpaired) electrons. The summed E-state index contributed by atoms with van der Waals surface area (Å²) in [7, 11) is 0. The Morgan fingerprint density at radius 1 is 1.00 bits per heavy atom. The van der Waals surface area contributed by atoms with E-state index in [0.717, 1.165) is 32.8 Å². The van der Waals surface area contributed by atoms with Crippen LogP contribution in [0, 0.1) is 5.82 Å². The van der Waals surface area contributed by atoms with Gasteiger partial charge in [0.25, 0.3) is 5.91 Å². The molecule has 0 unspecified atom stereocenters. The zero-order chi connectivity index (χ0) is 22.6. The number of aromatic nitrogens is 3. The zero-order valence-corrected chi connectivity index (χ0v) is 18.0. The Labute approximate surface area is 191 Å². The molecule has 168 valence electrons. The maximum Gasteiger partial charge on any atom is 0.261 e. The molecule has 1 aliphatic rings. The standard InChI is InChI=1S/C25H24FN5O2/c26-20-5-9-22(10-6-20)31-25(30-11-1-2-12-30)23(17-27-31)24(32)28-21-7-3-19(4-8-21)18-29-13-15-33-16-14-29/h1-12,17H,13-16,18H2,(H,28,32). The highest BCUT2D eigenvalue weighted by Gasteiger charge is 2.20. The maximum atomic E-state index is 13.4. The number of amides is 1. The highest BCUT2D eigenvalue weighted by Crippen LogP contribution is 2.22. The topological polar surface area (TPSA) is 64.3 Å². The Hall–Kier alpha value is -3.75. The third kappa shape index (κ3) is 4.72. The molecule has 7 nitrogen and oxygen atoms in total. The van der Waals surface area contributed by atoms with Gasteiger partial charge in [-0.15, -0.1) is 0 Å². The van der Waals surface area contributed by atoms with E-state index < -0.39 is 0 Å². The molecule has 0 spiro atoms. The minimum atomic E-state index is -0.330. The van der Waals surface area contributed by atoms with Crippen molar-refractivity contribution in [2.24, 2.45) is 0 Å². The first-order valence-electron chi connectivity index (χ1n) is 10.8. The summed E-state index contributed by atoms with van der Waals surface area (Å²) in [6.45, 7) is 4.25. The Kier molecular flexibility index (Phi) is 6.01. The van der Waals surface area contributed by atoms with E-state index in [9.17, 15) is 9.18 Å². The summed E-state index contributed by atoms with van der Waals surface area (Å²) >= 11 is 0. The van der Waals surface area contributed by atoms with E-state index in [1.807, 2.05) is 53.4 Å². The second-order valence-electron chi connectivity index (χ2n) is 7.90. The molecular formula is C25H24FN5O2. The molecule has 0 atom stereocenters. The minimum absolute atomic E-state index is 0.270. The van der Waals surface area contributed by atoms with E-state index >= 15 is 0 Å². The normalized spacial score (nSPS) is 14.3. The van der Waals surface area contributed by atoms with E-state index in [2.05, 4.69) is 15.3 Å². The van der Waals surface area contributed by atoms with Gasteiger partial charge >= 0.3 is 0 Å². The van der Waals surface area contributed by atoms with Crippen molar-refractivity contribution in [3.63, 3.8) is 0 Å². The molecule has 3 heterocycles. The van der Waals surface area contributed by atoms with Crippen molar-refractivity contribution < 1.29 is 13.9 Å². The fourth-order valence-corrected chi connectivity index (χ4v) is 3.91. The smallest absolute Gasteiger partial charge is 0.261 e. The summed E-state index contributed by atoms with van der Waals surface area (Å²) in [4.78, 5) is 15.5. The molecular weight excluding hydrogens is 421 g/mol. The van der Waals surface area contributed by atoms with Gasteiger partial charge in [-0.3, -0.25) is 9.69 Å². The van der Waals surface area contributed by atoms with Crippen LogP contribution in [0.15, 0.2) is 79.3 Å². The largest absolute Gasteiger partial charge is 0.379 e. The van der Waals surface area contributed by atoms with Crippen LogP contribution < -0.4 is 5.32 Å². The van der Waals surface area contributed by atoms with Crippen LogP contribution in [0.1, 0.15) is 15.9 Å². The number of hydrogen-bond acceptors (Lipinski definition) is 4. The van der Waals surface area contributed by atoms with Crippen molar-refractivity contribution in [1.29, 1.82) is 0 Å². The van der Waals surface area contributed by atoms with E-state index in [1.165, 1.54) is 23.9 Å². The molecule has 5 rings (SSSR count). The fraction of sp³-hybridized carbons (Fsp3) is 0.200.